The van der Waals surface area contributed by atoms with E-state index in [0.717, 1.165) is 0 Å². The maximum Gasteiger partial charge on any atom is 0.308 e. The Morgan fingerprint density at radius 1 is 0.952 bits per heavy atom. The Balaban J connectivity index is -0.000000213. The molecular formula is C10H20O7Y4. The maximum absolute atomic E-state index is 11.0. The summed E-state index contributed by atoms with van der Waals surface area (Å²) in [6, 6.07) is 0. The molecule has 0 fully saturated rings. The Kier molecular flexibility index (Phi) is 40.3. The molecule has 0 spiro atoms. The number of aliphatic hydroxyl groups is 4. The second-order valence-electron chi connectivity index (χ2n) is 3.76. The maximum atomic E-state index is 11.0. The molecule has 0 aliphatic rings. The summed E-state index contributed by atoms with van der Waals surface area (Å²) in [6.07, 6.45) is -2.90. The zero-order chi connectivity index (χ0) is 13.3. The second-order valence-corrected chi connectivity index (χ2v) is 3.76. The summed E-state index contributed by atoms with van der Waals surface area (Å²) in [5.74, 6) is -0.602. The molecular weight excluding hydrogens is 588 g/mol. The van der Waals surface area contributed by atoms with Gasteiger partial charge in [-0.1, -0.05) is 0 Å². The molecule has 0 bridgehead atoms. The Morgan fingerprint density at radius 3 is 1.86 bits per heavy atom. The van der Waals surface area contributed by atoms with Gasteiger partial charge in [0.2, 0.25) is 0 Å². The average molecular weight is 608 g/mol. The SMILES string of the molecule is CC(O)CC(=O)OCC(O)COCC(O)CO.[Y].[Y].[Y].[Y]. The smallest absolute Gasteiger partial charge is 0.308 e. The Hall–Kier alpha value is 3.69. The fraction of sp³-hybridized carbons (Fsp3) is 0.900. The van der Waals surface area contributed by atoms with Crippen LogP contribution < -0.4 is 0 Å². The third kappa shape index (κ3) is 26.0. The fourth-order valence-electron chi connectivity index (χ4n) is 0.930. The van der Waals surface area contributed by atoms with E-state index in [1.165, 1.54) is 6.92 Å². The van der Waals surface area contributed by atoms with E-state index >= 15 is 0 Å². The number of carbonyl (C=O) groups excluding carboxylic acids is 1. The molecule has 0 aromatic carbocycles. The molecule has 7 nitrogen and oxygen atoms in total. The number of rotatable bonds is 9. The molecule has 114 valence electrons. The molecule has 11 heteroatoms. The van der Waals surface area contributed by atoms with Crippen LogP contribution in [0.15, 0.2) is 0 Å². The largest absolute Gasteiger partial charge is 0.463 e. The first kappa shape index (κ1) is 35.7. The molecule has 0 rings (SSSR count). The summed E-state index contributed by atoms with van der Waals surface area (Å²) < 4.78 is 9.52. The molecule has 0 amide bonds. The molecule has 3 atom stereocenters. The van der Waals surface area contributed by atoms with Crippen LogP contribution in [0, 0.1) is 0 Å². The van der Waals surface area contributed by atoms with Crippen molar-refractivity contribution in [2.75, 3.05) is 26.4 Å². The van der Waals surface area contributed by atoms with Crippen LogP contribution in [0.25, 0.3) is 0 Å². The summed E-state index contributed by atoms with van der Waals surface area (Å²) in [5.41, 5.74) is 0. The minimum atomic E-state index is -1.00. The van der Waals surface area contributed by atoms with Gasteiger partial charge in [0, 0.05) is 131 Å². The van der Waals surface area contributed by atoms with E-state index in [9.17, 15) is 9.90 Å². The number of carbonyl (C=O) groups is 1. The fourth-order valence-corrected chi connectivity index (χ4v) is 0.930. The van der Waals surface area contributed by atoms with Crippen molar-refractivity contribution in [3.63, 3.8) is 0 Å². The summed E-state index contributed by atoms with van der Waals surface area (Å²) in [4.78, 5) is 11.0. The molecule has 0 saturated carbocycles. The van der Waals surface area contributed by atoms with E-state index in [1.807, 2.05) is 0 Å². The quantitative estimate of drug-likeness (QED) is 0.225. The van der Waals surface area contributed by atoms with Crippen molar-refractivity contribution < 1.29 is 166 Å². The number of hydrogen-bond donors (Lipinski definition) is 4. The minimum Gasteiger partial charge on any atom is -0.463 e. The monoisotopic (exact) mass is 608 g/mol. The van der Waals surface area contributed by atoms with E-state index in [2.05, 4.69) is 4.74 Å². The van der Waals surface area contributed by atoms with Gasteiger partial charge < -0.3 is 29.9 Å². The van der Waals surface area contributed by atoms with Crippen LogP contribution in [0.3, 0.4) is 0 Å². The Morgan fingerprint density at radius 2 is 1.43 bits per heavy atom. The summed E-state index contributed by atoms with van der Waals surface area (Å²) in [6.45, 7) is 0.589. The van der Waals surface area contributed by atoms with Crippen LogP contribution in [0.5, 0.6) is 0 Å². The van der Waals surface area contributed by atoms with Gasteiger partial charge in [0.1, 0.15) is 18.8 Å². The zero-order valence-electron chi connectivity index (χ0n) is 12.1. The number of aliphatic hydroxyl groups excluding tert-OH is 4. The second kappa shape index (κ2) is 23.7. The van der Waals surface area contributed by atoms with Crippen molar-refractivity contribution in [3.05, 3.63) is 0 Å². The first-order valence-electron chi connectivity index (χ1n) is 5.34. The van der Waals surface area contributed by atoms with Crippen molar-refractivity contribution in [1.29, 1.82) is 0 Å². The van der Waals surface area contributed by atoms with E-state index < -0.39 is 30.9 Å². The van der Waals surface area contributed by atoms with E-state index in [-0.39, 0.29) is 157 Å². The number of hydrogen-bond acceptors (Lipinski definition) is 7. The molecule has 0 heterocycles. The van der Waals surface area contributed by atoms with Gasteiger partial charge in [-0.2, -0.15) is 0 Å². The normalized spacial score (nSPS) is 13.2. The van der Waals surface area contributed by atoms with E-state index in [0.29, 0.717) is 0 Å². The van der Waals surface area contributed by atoms with Gasteiger partial charge >= 0.3 is 5.97 Å². The van der Waals surface area contributed by atoms with Crippen molar-refractivity contribution in [2.45, 2.75) is 31.7 Å². The topological polar surface area (TPSA) is 116 Å². The van der Waals surface area contributed by atoms with E-state index in [1.54, 1.807) is 0 Å². The molecule has 0 aromatic heterocycles. The van der Waals surface area contributed by atoms with Gasteiger partial charge in [0.15, 0.2) is 0 Å². The molecule has 4 radical (unpaired) electrons. The molecule has 0 aliphatic heterocycles. The molecule has 3 unspecified atom stereocenters. The van der Waals surface area contributed by atoms with Gasteiger partial charge in [-0.05, 0) is 6.92 Å². The summed E-state index contributed by atoms with van der Waals surface area (Å²) in [5, 5.41) is 35.6. The number of ether oxygens (including phenoxy) is 2. The molecule has 0 aliphatic carbocycles. The van der Waals surface area contributed by atoms with Gasteiger partial charge in [-0.3, -0.25) is 4.79 Å². The third-order valence-electron chi connectivity index (χ3n) is 1.73. The van der Waals surface area contributed by atoms with Gasteiger partial charge in [0.05, 0.1) is 32.3 Å². The minimum absolute atomic E-state index is 0. The summed E-state index contributed by atoms with van der Waals surface area (Å²) >= 11 is 0. The standard InChI is InChI=1S/C10H20O7.4Y/c1-7(12)2-10(15)17-6-9(14)5-16-4-8(13)3-11;;;;/h7-9,11-14H,2-6H2,1H3;;;;. The molecule has 0 aromatic rings. The van der Waals surface area contributed by atoms with Gasteiger partial charge in [-0.15, -0.1) is 0 Å². The van der Waals surface area contributed by atoms with Crippen LogP contribution >= 0.6 is 0 Å². The van der Waals surface area contributed by atoms with Gasteiger partial charge in [-0.25, -0.2) is 0 Å². The average Bonchev–Trinajstić information content (AvgIpc) is 2.25. The van der Waals surface area contributed by atoms with Crippen molar-refractivity contribution >= 4 is 5.97 Å². The molecule has 21 heavy (non-hydrogen) atoms. The van der Waals surface area contributed by atoms with Crippen LogP contribution in [0.2, 0.25) is 0 Å². The van der Waals surface area contributed by atoms with Crippen molar-refractivity contribution in [1.82, 2.24) is 0 Å². The summed E-state index contributed by atoms with van der Waals surface area (Å²) in [7, 11) is 0. The predicted molar refractivity (Wildman–Crippen MR) is 57.2 cm³/mol. The molecule has 4 N–H and O–H groups in total. The predicted octanol–water partition coefficient (Wildman–Crippen LogP) is -1.98. The van der Waals surface area contributed by atoms with Crippen LogP contribution in [0.1, 0.15) is 13.3 Å². The Bertz CT molecular complexity index is 222. The zero-order valence-corrected chi connectivity index (χ0v) is 23.4. The van der Waals surface area contributed by atoms with Crippen LogP contribution in [0.4, 0.5) is 0 Å². The van der Waals surface area contributed by atoms with Gasteiger partial charge in [0.25, 0.3) is 0 Å². The first-order chi connectivity index (χ1) is 7.95. The van der Waals surface area contributed by atoms with Crippen LogP contribution in [-0.2, 0) is 145 Å². The Labute approximate surface area is 225 Å². The molecule has 0 saturated heterocycles. The number of esters is 1. The van der Waals surface area contributed by atoms with Crippen molar-refractivity contribution in [2.24, 2.45) is 0 Å². The van der Waals surface area contributed by atoms with Crippen LogP contribution in [-0.4, -0.2) is 71.1 Å². The third-order valence-corrected chi connectivity index (χ3v) is 1.73. The van der Waals surface area contributed by atoms with E-state index in [4.69, 9.17) is 20.1 Å². The van der Waals surface area contributed by atoms with Crippen molar-refractivity contribution in [3.8, 4) is 0 Å². The first-order valence-corrected chi connectivity index (χ1v) is 5.34.